The average Bonchev–Trinajstić information content (AvgIpc) is 2.64. The molecular formula is C20H25BrN3O2+. The first-order valence-corrected chi connectivity index (χ1v) is 9.63. The molecule has 0 aromatic heterocycles. The van der Waals surface area contributed by atoms with E-state index in [9.17, 15) is 4.79 Å². The van der Waals surface area contributed by atoms with Crippen LogP contribution in [0.15, 0.2) is 46.9 Å². The first-order valence-electron chi connectivity index (χ1n) is 8.84. The molecule has 1 fully saturated rings. The second-order valence-electron chi connectivity index (χ2n) is 6.59. The largest absolute Gasteiger partial charge is 0.495 e. The molecular weight excluding hydrogens is 394 g/mol. The van der Waals surface area contributed by atoms with Gasteiger partial charge in [-0.3, -0.25) is 4.79 Å². The van der Waals surface area contributed by atoms with Gasteiger partial charge in [-0.15, -0.1) is 0 Å². The minimum atomic E-state index is 0.0659. The zero-order valence-electron chi connectivity index (χ0n) is 15.2. The third kappa shape index (κ3) is 4.56. The van der Waals surface area contributed by atoms with Crippen LogP contribution in [0.2, 0.25) is 0 Å². The Labute approximate surface area is 163 Å². The lowest BCUT2D eigenvalue weighted by Gasteiger charge is -2.34. The number of quaternary nitrogens is 1. The Hall–Kier alpha value is -2.05. The van der Waals surface area contributed by atoms with E-state index in [0.717, 1.165) is 53.3 Å². The van der Waals surface area contributed by atoms with Gasteiger partial charge in [0.05, 0.1) is 39.0 Å². The van der Waals surface area contributed by atoms with E-state index in [4.69, 9.17) is 4.74 Å². The first-order chi connectivity index (χ1) is 12.6. The number of methoxy groups -OCH3 is 1. The highest BCUT2D eigenvalue weighted by Crippen LogP contribution is 2.27. The Morgan fingerprint density at radius 3 is 2.65 bits per heavy atom. The van der Waals surface area contributed by atoms with E-state index in [0.29, 0.717) is 6.54 Å². The van der Waals surface area contributed by atoms with E-state index in [1.165, 1.54) is 4.90 Å². The number of carbonyl (C=O) groups is 1. The zero-order valence-corrected chi connectivity index (χ0v) is 16.8. The number of hydrogen-bond acceptors (Lipinski definition) is 3. The first kappa shape index (κ1) is 18.7. The molecule has 1 aliphatic heterocycles. The molecule has 5 nitrogen and oxygen atoms in total. The van der Waals surface area contributed by atoms with Gasteiger partial charge in [0.2, 0.25) is 0 Å². The summed E-state index contributed by atoms with van der Waals surface area (Å²) in [6.45, 7) is 6.20. The molecule has 0 aliphatic carbocycles. The predicted octanol–water partition coefficient (Wildman–Crippen LogP) is 2.11. The van der Waals surface area contributed by atoms with Crippen LogP contribution in [0.1, 0.15) is 5.56 Å². The molecule has 3 rings (SSSR count). The van der Waals surface area contributed by atoms with Crippen LogP contribution in [0.3, 0.4) is 0 Å². The maximum atomic E-state index is 12.4. The molecule has 1 heterocycles. The Bertz CT molecular complexity index is 773. The SMILES string of the molecule is COc1ccccc1N1CC[NH+](CC(=O)Nc2ccc(Br)cc2C)CC1. The quantitative estimate of drug-likeness (QED) is 0.781. The van der Waals surface area contributed by atoms with Gasteiger partial charge in [0.15, 0.2) is 6.54 Å². The molecule has 1 saturated heterocycles. The summed E-state index contributed by atoms with van der Waals surface area (Å²) in [5, 5.41) is 3.03. The van der Waals surface area contributed by atoms with Gasteiger partial charge in [-0.25, -0.2) is 0 Å². The Balaban J connectivity index is 1.53. The minimum Gasteiger partial charge on any atom is -0.495 e. The third-order valence-corrected chi connectivity index (χ3v) is 5.26. The minimum absolute atomic E-state index is 0.0659. The monoisotopic (exact) mass is 418 g/mol. The molecule has 2 N–H and O–H groups in total. The van der Waals surface area contributed by atoms with Gasteiger partial charge in [0.25, 0.3) is 5.91 Å². The number of aryl methyl sites for hydroxylation is 1. The molecule has 1 amide bonds. The van der Waals surface area contributed by atoms with E-state index < -0.39 is 0 Å². The smallest absolute Gasteiger partial charge is 0.279 e. The molecule has 0 bridgehead atoms. The Morgan fingerprint density at radius 1 is 1.23 bits per heavy atom. The number of benzene rings is 2. The van der Waals surface area contributed by atoms with Crippen molar-refractivity contribution in [3.05, 3.63) is 52.5 Å². The molecule has 2 aromatic carbocycles. The number of nitrogens with zero attached hydrogens (tertiary/aromatic N) is 1. The Morgan fingerprint density at radius 2 is 1.96 bits per heavy atom. The number of ether oxygens (including phenoxy) is 1. The molecule has 0 unspecified atom stereocenters. The summed E-state index contributed by atoms with van der Waals surface area (Å²) in [5.41, 5.74) is 3.07. The lowest BCUT2D eigenvalue weighted by Crippen LogP contribution is -3.15. The molecule has 138 valence electrons. The normalized spacial score (nSPS) is 15.0. The number of nitrogens with one attached hydrogen (secondary N) is 2. The van der Waals surface area contributed by atoms with Gasteiger partial charge < -0.3 is 19.9 Å². The van der Waals surface area contributed by atoms with Gasteiger partial charge in [0.1, 0.15) is 5.75 Å². The lowest BCUT2D eigenvalue weighted by molar-refractivity contribution is -0.892. The van der Waals surface area contributed by atoms with Crippen LogP contribution in [0.5, 0.6) is 5.75 Å². The van der Waals surface area contributed by atoms with Gasteiger partial charge >= 0.3 is 0 Å². The number of piperazine rings is 1. The summed E-state index contributed by atoms with van der Waals surface area (Å²) in [6, 6.07) is 14.0. The lowest BCUT2D eigenvalue weighted by atomic mass is 10.2. The standard InChI is InChI=1S/C20H24BrN3O2/c1-15-13-16(21)7-8-17(15)22-20(25)14-23-9-11-24(12-10-23)18-5-3-4-6-19(18)26-2/h3-8,13H,9-12,14H2,1-2H3,(H,22,25)/p+1. The van der Waals surface area contributed by atoms with Crippen LogP contribution < -0.4 is 19.9 Å². The fraction of sp³-hybridized carbons (Fsp3) is 0.350. The second kappa shape index (κ2) is 8.56. The summed E-state index contributed by atoms with van der Waals surface area (Å²) >= 11 is 3.45. The topological polar surface area (TPSA) is 46.0 Å². The highest BCUT2D eigenvalue weighted by molar-refractivity contribution is 9.10. The highest BCUT2D eigenvalue weighted by atomic mass is 79.9. The predicted molar refractivity (Wildman–Crippen MR) is 108 cm³/mol. The van der Waals surface area contributed by atoms with Gasteiger partial charge in [0, 0.05) is 10.2 Å². The highest BCUT2D eigenvalue weighted by Gasteiger charge is 2.24. The number of halogens is 1. The van der Waals surface area contributed by atoms with E-state index in [-0.39, 0.29) is 5.91 Å². The number of hydrogen-bond donors (Lipinski definition) is 2. The molecule has 6 heteroatoms. The molecule has 1 aliphatic rings. The van der Waals surface area contributed by atoms with E-state index >= 15 is 0 Å². The van der Waals surface area contributed by atoms with E-state index in [2.05, 4.69) is 32.2 Å². The number of carbonyl (C=O) groups excluding carboxylic acids is 1. The number of amides is 1. The Kier molecular flexibility index (Phi) is 6.16. The van der Waals surface area contributed by atoms with E-state index in [1.54, 1.807) is 7.11 Å². The van der Waals surface area contributed by atoms with Crippen LogP contribution in [0, 0.1) is 6.92 Å². The van der Waals surface area contributed by atoms with Crippen LogP contribution in [0.25, 0.3) is 0 Å². The molecule has 0 spiro atoms. The van der Waals surface area contributed by atoms with E-state index in [1.807, 2.05) is 43.3 Å². The summed E-state index contributed by atoms with van der Waals surface area (Å²) < 4.78 is 6.48. The van der Waals surface area contributed by atoms with Crippen LogP contribution in [-0.2, 0) is 4.79 Å². The molecule has 0 atom stereocenters. The van der Waals surface area contributed by atoms with Crippen molar-refractivity contribution in [2.45, 2.75) is 6.92 Å². The van der Waals surface area contributed by atoms with Crippen molar-refractivity contribution >= 4 is 33.2 Å². The fourth-order valence-corrected chi connectivity index (χ4v) is 3.80. The average molecular weight is 419 g/mol. The summed E-state index contributed by atoms with van der Waals surface area (Å²) in [7, 11) is 1.70. The maximum absolute atomic E-state index is 12.4. The van der Waals surface area contributed by atoms with Crippen LogP contribution in [0.4, 0.5) is 11.4 Å². The van der Waals surface area contributed by atoms with Crippen LogP contribution >= 0.6 is 15.9 Å². The number of rotatable bonds is 5. The van der Waals surface area contributed by atoms with Gasteiger partial charge in [-0.05, 0) is 42.8 Å². The number of anilines is 2. The number of para-hydroxylation sites is 2. The van der Waals surface area contributed by atoms with Crippen molar-refractivity contribution in [1.82, 2.24) is 0 Å². The molecule has 2 aromatic rings. The summed E-state index contributed by atoms with van der Waals surface area (Å²) in [4.78, 5) is 16.0. The summed E-state index contributed by atoms with van der Waals surface area (Å²) in [6.07, 6.45) is 0. The van der Waals surface area contributed by atoms with Crippen molar-refractivity contribution < 1.29 is 14.4 Å². The second-order valence-corrected chi connectivity index (χ2v) is 7.51. The van der Waals surface area contributed by atoms with Crippen molar-refractivity contribution in [2.24, 2.45) is 0 Å². The van der Waals surface area contributed by atoms with Crippen LogP contribution in [-0.4, -0.2) is 45.7 Å². The molecule has 26 heavy (non-hydrogen) atoms. The van der Waals surface area contributed by atoms with Crippen molar-refractivity contribution in [1.29, 1.82) is 0 Å². The third-order valence-electron chi connectivity index (χ3n) is 4.77. The summed E-state index contributed by atoms with van der Waals surface area (Å²) in [5.74, 6) is 0.968. The van der Waals surface area contributed by atoms with Gasteiger partial charge in [-0.2, -0.15) is 0 Å². The zero-order chi connectivity index (χ0) is 18.5. The molecule has 0 saturated carbocycles. The maximum Gasteiger partial charge on any atom is 0.279 e. The van der Waals surface area contributed by atoms with Gasteiger partial charge in [-0.1, -0.05) is 28.1 Å². The molecule has 0 radical (unpaired) electrons. The van der Waals surface area contributed by atoms with Crippen molar-refractivity contribution in [3.8, 4) is 5.75 Å². The fourth-order valence-electron chi connectivity index (χ4n) is 3.32. The van der Waals surface area contributed by atoms with Crippen molar-refractivity contribution in [3.63, 3.8) is 0 Å². The van der Waals surface area contributed by atoms with Crippen molar-refractivity contribution in [2.75, 3.05) is 50.1 Å².